The quantitative estimate of drug-likeness (QED) is 0.0158. The topological polar surface area (TPSA) is 354 Å². The van der Waals surface area contributed by atoms with Crippen LogP contribution in [0.2, 0.25) is 5.02 Å². The number of rotatable bonds is 27. The van der Waals surface area contributed by atoms with Crippen LogP contribution in [0.1, 0.15) is 120 Å². The van der Waals surface area contributed by atoms with Crippen LogP contribution in [0.5, 0.6) is 0 Å². The number of carbonyl (C=O) groups is 9. The largest absolute Gasteiger partial charge is 0.361 e. The Labute approximate surface area is 673 Å². The highest BCUT2D eigenvalue weighted by atomic mass is 35.5. The molecular weight excluding hydrogens is 1620 g/mol. The molecule has 6 heterocycles. The van der Waals surface area contributed by atoms with Crippen molar-refractivity contribution in [2.24, 2.45) is 0 Å². The van der Waals surface area contributed by atoms with Crippen molar-refractivity contribution in [2.45, 2.75) is 151 Å². The van der Waals surface area contributed by atoms with Gasteiger partial charge >= 0.3 is 22.8 Å². The average molecular weight is 1700 g/mol. The van der Waals surface area contributed by atoms with Crippen molar-refractivity contribution < 1.29 is 111 Å². The first-order valence-corrected chi connectivity index (χ1v) is 42.3. The van der Waals surface area contributed by atoms with Crippen molar-refractivity contribution in [2.75, 3.05) is 39.5 Å². The zero-order chi connectivity index (χ0) is 85.4. The summed E-state index contributed by atoms with van der Waals surface area (Å²) in [5.41, 5.74) is 3.58. The average Bonchev–Trinajstić information content (AvgIpc) is 1.65. The molecule has 9 aromatic rings. The normalized spacial score (nSPS) is 17.9. The van der Waals surface area contributed by atoms with Gasteiger partial charge in [0, 0.05) is 124 Å². The lowest BCUT2D eigenvalue weighted by molar-refractivity contribution is -0.139. The van der Waals surface area contributed by atoms with Crippen molar-refractivity contribution in [1.82, 2.24) is 44.4 Å². The van der Waals surface area contributed by atoms with Gasteiger partial charge in [-0.05, 0) is 127 Å². The number of amides is 6. The Balaban J connectivity index is 0.000000185. The maximum atomic E-state index is 14.5. The van der Waals surface area contributed by atoms with E-state index >= 15 is 0 Å². The Hall–Kier alpha value is -9.91. The van der Waals surface area contributed by atoms with E-state index in [4.69, 9.17) is 25.2 Å². The van der Waals surface area contributed by atoms with Gasteiger partial charge in [-0.3, -0.25) is 56.8 Å². The monoisotopic (exact) mass is 1700 g/mol. The molecule has 3 aliphatic rings. The van der Waals surface area contributed by atoms with E-state index < -0.39 is 112 Å². The van der Waals surface area contributed by atoms with E-state index in [-0.39, 0.29) is 164 Å². The number of benzene rings is 6. The predicted molar refractivity (Wildman–Crippen MR) is 423 cm³/mol. The molecule has 117 heavy (non-hydrogen) atoms. The molecule has 6 N–H and O–H groups in total. The van der Waals surface area contributed by atoms with Crippen LogP contribution >= 0.6 is 34.4 Å². The fourth-order valence-electron chi connectivity index (χ4n) is 14.3. The van der Waals surface area contributed by atoms with E-state index in [1.54, 1.807) is 87.7 Å². The van der Waals surface area contributed by atoms with Gasteiger partial charge in [-0.2, -0.15) is 0 Å². The number of fused-ring (bicyclic) bond motifs is 3. The van der Waals surface area contributed by atoms with E-state index in [0.29, 0.717) is 49.6 Å². The zero-order valence-electron chi connectivity index (χ0n) is 64.8. The van der Waals surface area contributed by atoms with Crippen molar-refractivity contribution in [3.63, 3.8) is 0 Å². The summed E-state index contributed by atoms with van der Waals surface area (Å²) in [7, 11) is -12.3. The molecule has 624 valence electrons. The van der Waals surface area contributed by atoms with E-state index in [1.165, 1.54) is 114 Å². The van der Waals surface area contributed by atoms with Gasteiger partial charge < -0.3 is 72.6 Å². The lowest BCUT2D eigenvalue weighted by Gasteiger charge is -2.24. The molecule has 7 atom stereocenters. The second-order valence-electron chi connectivity index (χ2n) is 28.2. The number of ketones is 3. The number of nitrogens with one attached hydrogen (secondary N) is 3. The molecule has 0 aliphatic carbocycles. The van der Waals surface area contributed by atoms with Crippen LogP contribution < -0.4 is 31.9 Å². The summed E-state index contributed by atoms with van der Waals surface area (Å²) in [6.45, 7) is 10.3. The van der Waals surface area contributed by atoms with Gasteiger partial charge in [0.05, 0.1) is 60.4 Å². The molecule has 3 saturated heterocycles. The minimum Gasteiger partial charge on any atom is -0.350 e. The van der Waals surface area contributed by atoms with Gasteiger partial charge in [-0.1, -0.05) is 60.1 Å². The van der Waals surface area contributed by atoms with Crippen LogP contribution in [0.15, 0.2) is 128 Å². The Bertz CT molecular complexity index is 5510. The smallest absolute Gasteiger partial charge is 0.350 e. The molecule has 0 spiro atoms. The molecular formula is C80H87ClF6N9O18P3. The lowest BCUT2D eigenvalue weighted by Crippen LogP contribution is -2.46. The van der Waals surface area contributed by atoms with E-state index in [0.717, 1.165) is 9.80 Å². The van der Waals surface area contributed by atoms with Gasteiger partial charge in [0.2, 0.25) is 35.4 Å². The van der Waals surface area contributed by atoms with Crippen LogP contribution in [0, 0.1) is 31.3 Å². The summed E-state index contributed by atoms with van der Waals surface area (Å²) in [6.07, 6.45) is -0.486. The minimum atomic E-state index is -4.57. The van der Waals surface area contributed by atoms with Gasteiger partial charge in [-0.25, -0.2) is 26.3 Å². The zero-order valence-corrected chi connectivity index (χ0v) is 68.3. The fourth-order valence-corrected chi connectivity index (χ4v) is 17.7. The molecule has 1 unspecified atom stereocenters. The summed E-state index contributed by atoms with van der Waals surface area (Å²) in [5, 5.41) is 8.74. The molecule has 6 amide bonds. The summed E-state index contributed by atoms with van der Waals surface area (Å²) >= 11 is 5.78. The number of aryl methyl sites for hydroxylation is 2. The Morgan fingerprint density at radius 1 is 0.453 bits per heavy atom. The Morgan fingerprint density at radius 2 is 0.769 bits per heavy atom. The number of nitrogens with zero attached hydrogens (tertiary/aromatic N) is 6. The van der Waals surface area contributed by atoms with Crippen molar-refractivity contribution in [1.29, 1.82) is 0 Å². The first kappa shape index (κ1) is 89.4. The third-order valence-electron chi connectivity index (χ3n) is 20.1. The highest BCUT2D eigenvalue weighted by molar-refractivity contribution is 7.62. The van der Waals surface area contributed by atoms with Gasteiger partial charge in [-0.15, -0.1) is 0 Å². The number of alkyl halides is 3. The molecule has 0 radical (unpaired) electrons. The molecule has 12 rings (SSSR count). The molecule has 6 aromatic carbocycles. The van der Waals surface area contributed by atoms with E-state index in [9.17, 15) is 97.9 Å². The molecule has 3 fully saturated rings. The predicted octanol–water partition coefficient (Wildman–Crippen LogP) is 10.5. The summed E-state index contributed by atoms with van der Waals surface area (Å²) in [6, 6.07) is 23.5. The van der Waals surface area contributed by atoms with Crippen LogP contribution in [-0.4, -0.2) is 172 Å². The number of Topliss-reactive ketones (excluding diaryl/α,β-unsaturated/α-hetero) is 3. The highest BCUT2D eigenvalue weighted by Gasteiger charge is 2.43. The summed E-state index contributed by atoms with van der Waals surface area (Å²) in [5.74, 6) is -6.01. The van der Waals surface area contributed by atoms with E-state index in [1.807, 2.05) is 0 Å². The van der Waals surface area contributed by atoms with Gasteiger partial charge in [0.25, 0.3) is 0 Å². The van der Waals surface area contributed by atoms with Crippen LogP contribution in [0.4, 0.5) is 26.3 Å². The highest BCUT2D eigenvalue weighted by Crippen LogP contribution is 2.48. The third kappa shape index (κ3) is 20.6. The Morgan fingerprint density at radius 3 is 1.11 bits per heavy atom. The number of likely N-dealkylation sites (tertiary alicyclic amines) is 3. The maximum absolute atomic E-state index is 14.5. The number of hydrogen-bond acceptors (Lipinski definition) is 15. The minimum absolute atomic E-state index is 0.00360. The Kier molecular flexibility index (Phi) is 28.9. The molecule has 0 saturated carbocycles. The number of carbonyl (C=O) groups excluding carboxylic acids is 9. The van der Waals surface area contributed by atoms with Crippen molar-refractivity contribution in [3.05, 3.63) is 195 Å². The first-order valence-electron chi connectivity index (χ1n) is 37.2. The first-order chi connectivity index (χ1) is 55.3. The molecule has 37 heteroatoms. The van der Waals surface area contributed by atoms with Crippen LogP contribution in [0.3, 0.4) is 0 Å². The third-order valence-corrected chi connectivity index (χ3v) is 25.0. The summed E-state index contributed by atoms with van der Waals surface area (Å²) < 4.78 is 144. The number of hydrogen-bond donors (Lipinski definition) is 6. The fraction of sp³-hybridized carbons (Fsp3) is 0.362. The van der Waals surface area contributed by atoms with E-state index in [2.05, 4.69) is 16.0 Å². The van der Waals surface area contributed by atoms with Crippen LogP contribution in [0.25, 0.3) is 32.7 Å². The summed E-state index contributed by atoms with van der Waals surface area (Å²) in [4.78, 5) is 148. The molecule has 3 aliphatic heterocycles. The molecule has 0 bridgehead atoms. The second-order valence-corrected chi connectivity index (χ2v) is 34.1. The van der Waals surface area contributed by atoms with Crippen molar-refractivity contribution in [3.8, 4) is 0 Å². The number of halogens is 7. The van der Waals surface area contributed by atoms with Gasteiger partial charge in [0.1, 0.15) is 73.7 Å². The number of aromatic nitrogens is 3. The van der Waals surface area contributed by atoms with Gasteiger partial charge in [0.15, 0.2) is 17.3 Å². The molecule has 3 aromatic heterocycles. The SMILES string of the molecule is CC(=O)c1cn(CC(=O)N2C[C@H](F)C[C@H]2C(=O)NCc2cccc(C)c2F)c2ccc(P(=O)(O)O)cc12.CCOP(=O)(O)c1ccc2c(c1)c(C(C)=O)cn2CC(=O)N1C[C@H](F)C[C@H]1C(=O)NCc1cccc(Cl)c1F.CCOP(=O)(OCC)c1ccc2c(c1)c(C(C)=O)cn2CC(=O)N1C[C@H](F)C[C@H]1C(=O)NCc1cccc(C)c1F. The maximum Gasteiger partial charge on any atom is 0.361 e. The lowest BCUT2D eigenvalue weighted by atomic mass is 10.1. The van der Waals surface area contributed by atoms with Crippen LogP contribution in [-0.2, 0) is 95.3 Å². The van der Waals surface area contributed by atoms with Crippen molar-refractivity contribution >= 4 is 136 Å². The second kappa shape index (κ2) is 37.8. The standard InChI is InChI=1S/C29H34F2N3O6P.C26H27ClF2N3O6P.C25H26F2N3O6P/c1-5-39-41(38,40-6-2)22-10-11-25-23(13-22)24(19(4)35)16-33(25)17-27(36)34-15-21(30)12-26(34)29(37)32-14-20-9-7-8-18(3)28(20)31;1-3-38-39(36,37)18-7-8-22-19(10-18)20(15(2)33)13-31(22)14-24(34)32-12-17(28)9-23(32)26(35)30-11-16-5-4-6-21(27)25(16)29;1-14-4-3-5-16(24(14)27)10-28-25(33)22-8-17(26)11-30(22)23(32)13-29-12-20(15(2)31)19-9-18(37(34,35)36)6-7-21(19)29/h7-11,13,16,21,26H,5-6,12,14-15,17H2,1-4H3,(H,32,37);4-8,10,13,17,23H,3,9,11-12,14H2,1-2H3,(H,30,35)(H,36,37);3-7,9,12,17,22H,8,10-11,13H2,1-2H3,(H,28,33)(H2,34,35,36)/t21-,26+;17-,23+;17-,22+/m111/s1. The molecule has 27 nitrogen and oxygen atoms in total.